The Labute approximate surface area is 92.3 Å². The maximum atomic E-state index is 13.1. The molecule has 0 aliphatic heterocycles. The van der Waals surface area contributed by atoms with E-state index in [2.05, 4.69) is 0 Å². The van der Waals surface area contributed by atoms with E-state index < -0.39 is 0 Å². The first-order valence-electron chi connectivity index (χ1n) is 5.11. The topological polar surface area (TPSA) is 26.0 Å². The number of hydrogen-bond donors (Lipinski definition) is 1. The van der Waals surface area contributed by atoms with Gasteiger partial charge in [0.2, 0.25) is 0 Å². The summed E-state index contributed by atoms with van der Waals surface area (Å²) in [5, 5.41) is 4.10. The van der Waals surface area contributed by atoms with Gasteiger partial charge in [-0.2, -0.15) is 0 Å². The van der Waals surface area contributed by atoms with E-state index in [0.29, 0.717) is 0 Å². The highest BCUT2D eigenvalue weighted by molar-refractivity contribution is 5.99. The average molecular weight is 211 g/mol. The van der Waals surface area contributed by atoms with Gasteiger partial charge in [0.05, 0.1) is 0 Å². The van der Waals surface area contributed by atoms with Crippen LogP contribution >= 0.6 is 0 Å². The van der Waals surface area contributed by atoms with Crippen molar-refractivity contribution in [3.8, 4) is 0 Å². The van der Waals surface area contributed by atoms with Gasteiger partial charge in [-0.15, -0.1) is 0 Å². The minimum absolute atomic E-state index is 0.206. The van der Waals surface area contributed by atoms with Gasteiger partial charge < -0.3 is 5.73 Å². The minimum Gasteiger partial charge on any atom is -0.399 e. The predicted molar refractivity (Wildman–Crippen MR) is 65.8 cm³/mol. The van der Waals surface area contributed by atoms with Crippen molar-refractivity contribution in [1.82, 2.24) is 0 Å². The number of hydrogen-bond acceptors (Lipinski definition) is 1. The van der Waals surface area contributed by atoms with E-state index in [4.69, 9.17) is 5.73 Å². The smallest absolute Gasteiger partial charge is 0.123 e. The van der Waals surface area contributed by atoms with Crippen LogP contribution in [0.25, 0.3) is 21.5 Å². The first-order chi connectivity index (χ1) is 7.72. The third-order valence-corrected chi connectivity index (χ3v) is 2.78. The Morgan fingerprint density at radius 1 is 0.688 bits per heavy atom. The zero-order valence-corrected chi connectivity index (χ0v) is 8.57. The number of benzene rings is 3. The SMILES string of the molecule is Nc1ccc2cc3cc(F)ccc3cc2c1. The van der Waals surface area contributed by atoms with Crippen LogP contribution in [0.2, 0.25) is 0 Å². The van der Waals surface area contributed by atoms with Gasteiger partial charge in [-0.1, -0.05) is 12.1 Å². The zero-order chi connectivity index (χ0) is 11.1. The Hall–Kier alpha value is -2.09. The summed E-state index contributed by atoms with van der Waals surface area (Å²) in [5.41, 5.74) is 6.48. The molecule has 0 radical (unpaired) electrons. The fraction of sp³-hybridized carbons (Fsp3) is 0. The van der Waals surface area contributed by atoms with Crippen LogP contribution in [0.4, 0.5) is 10.1 Å². The normalized spacial score (nSPS) is 11.1. The molecular formula is C14H10FN. The second-order valence-corrected chi connectivity index (χ2v) is 3.95. The molecule has 0 spiro atoms. The number of halogens is 1. The summed E-state index contributed by atoms with van der Waals surface area (Å²) in [6.07, 6.45) is 0. The van der Waals surface area contributed by atoms with Crippen molar-refractivity contribution in [1.29, 1.82) is 0 Å². The van der Waals surface area contributed by atoms with Gasteiger partial charge in [0.15, 0.2) is 0 Å². The Morgan fingerprint density at radius 2 is 1.31 bits per heavy atom. The lowest BCUT2D eigenvalue weighted by Crippen LogP contribution is -1.84. The molecular weight excluding hydrogens is 201 g/mol. The first kappa shape index (κ1) is 9.16. The summed E-state index contributed by atoms with van der Waals surface area (Å²) in [4.78, 5) is 0. The molecule has 0 atom stereocenters. The van der Waals surface area contributed by atoms with Crippen LogP contribution in [0.15, 0.2) is 48.5 Å². The van der Waals surface area contributed by atoms with Gasteiger partial charge in [0, 0.05) is 5.69 Å². The van der Waals surface area contributed by atoms with Crippen LogP contribution < -0.4 is 5.73 Å². The Bertz CT molecular complexity index is 627. The standard InChI is InChI=1S/C14H10FN/c15-13-3-1-9-6-12-8-14(16)4-2-10(12)5-11(9)7-13/h1-8H,16H2. The van der Waals surface area contributed by atoms with E-state index in [9.17, 15) is 4.39 Å². The molecule has 78 valence electrons. The van der Waals surface area contributed by atoms with Crippen molar-refractivity contribution in [2.75, 3.05) is 5.73 Å². The van der Waals surface area contributed by atoms with Crippen LogP contribution in [0.1, 0.15) is 0 Å². The van der Waals surface area contributed by atoms with Crippen LogP contribution in [-0.2, 0) is 0 Å². The molecule has 2 heteroatoms. The summed E-state index contributed by atoms with van der Waals surface area (Å²) in [7, 11) is 0. The van der Waals surface area contributed by atoms with E-state index in [1.807, 2.05) is 30.3 Å². The summed E-state index contributed by atoms with van der Waals surface area (Å²) in [6, 6.07) is 14.5. The summed E-state index contributed by atoms with van der Waals surface area (Å²) >= 11 is 0. The average Bonchev–Trinajstić information content (AvgIpc) is 2.26. The molecule has 0 heterocycles. The molecule has 0 aromatic heterocycles. The second-order valence-electron chi connectivity index (χ2n) is 3.95. The van der Waals surface area contributed by atoms with Gasteiger partial charge in [-0.05, 0) is 57.9 Å². The van der Waals surface area contributed by atoms with Gasteiger partial charge in [0.1, 0.15) is 5.82 Å². The number of anilines is 1. The second kappa shape index (κ2) is 3.20. The van der Waals surface area contributed by atoms with Crippen molar-refractivity contribution in [2.45, 2.75) is 0 Å². The lowest BCUT2D eigenvalue weighted by atomic mass is 10.0. The quantitative estimate of drug-likeness (QED) is 0.445. The molecule has 3 aromatic rings. The molecule has 2 N–H and O–H groups in total. The van der Waals surface area contributed by atoms with Gasteiger partial charge >= 0.3 is 0 Å². The highest BCUT2D eigenvalue weighted by Gasteiger charge is 1.99. The Morgan fingerprint density at radius 3 is 2.06 bits per heavy atom. The molecule has 3 aromatic carbocycles. The largest absolute Gasteiger partial charge is 0.399 e. The van der Waals surface area contributed by atoms with Crippen LogP contribution in [0.5, 0.6) is 0 Å². The molecule has 0 aliphatic rings. The maximum absolute atomic E-state index is 13.1. The lowest BCUT2D eigenvalue weighted by Gasteiger charge is -2.03. The van der Waals surface area contributed by atoms with Crippen molar-refractivity contribution < 1.29 is 4.39 Å². The molecule has 0 aliphatic carbocycles. The van der Waals surface area contributed by atoms with Gasteiger partial charge in [-0.3, -0.25) is 0 Å². The third-order valence-electron chi connectivity index (χ3n) is 2.78. The number of fused-ring (bicyclic) bond motifs is 2. The van der Waals surface area contributed by atoms with Crippen LogP contribution in [0.3, 0.4) is 0 Å². The minimum atomic E-state index is -0.206. The number of rotatable bonds is 0. The Kier molecular flexibility index (Phi) is 1.83. The van der Waals surface area contributed by atoms with Gasteiger partial charge in [0.25, 0.3) is 0 Å². The molecule has 0 saturated carbocycles. The molecule has 0 amide bonds. The monoisotopic (exact) mass is 211 g/mol. The van der Waals surface area contributed by atoms with Gasteiger partial charge in [-0.25, -0.2) is 4.39 Å². The van der Waals surface area contributed by atoms with E-state index in [-0.39, 0.29) is 5.82 Å². The molecule has 1 nitrogen and oxygen atoms in total. The molecule has 16 heavy (non-hydrogen) atoms. The maximum Gasteiger partial charge on any atom is 0.123 e. The van der Waals surface area contributed by atoms with Crippen molar-refractivity contribution >= 4 is 27.2 Å². The predicted octanol–water partition coefficient (Wildman–Crippen LogP) is 3.71. The van der Waals surface area contributed by atoms with Crippen molar-refractivity contribution in [3.63, 3.8) is 0 Å². The van der Waals surface area contributed by atoms with E-state index in [1.165, 1.54) is 6.07 Å². The molecule has 0 fully saturated rings. The van der Waals surface area contributed by atoms with Crippen molar-refractivity contribution in [3.05, 3.63) is 54.3 Å². The van der Waals surface area contributed by atoms with E-state index in [1.54, 1.807) is 12.1 Å². The molecule has 0 saturated heterocycles. The van der Waals surface area contributed by atoms with E-state index in [0.717, 1.165) is 27.2 Å². The molecule has 0 bridgehead atoms. The zero-order valence-electron chi connectivity index (χ0n) is 8.57. The third kappa shape index (κ3) is 1.39. The Balaban J connectivity index is 2.44. The summed E-state index contributed by atoms with van der Waals surface area (Å²) < 4.78 is 13.1. The van der Waals surface area contributed by atoms with Crippen LogP contribution in [-0.4, -0.2) is 0 Å². The number of nitrogens with two attached hydrogens (primary N) is 1. The molecule has 0 unspecified atom stereocenters. The fourth-order valence-electron chi connectivity index (χ4n) is 1.99. The lowest BCUT2D eigenvalue weighted by molar-refractivity contribution is 0.630. The highest BCUT2D eigenvalue weighted by Crippen LogP contribution is 2.24. The van der Waals surface area contributed by atoms with E-state index >= 15 is 0 Å². The van der Waals surface area contributed by atoms with Crippen molar-refractivity contribution in [2.24, 2.45) is 0 Å². The molecule has 3 rings (SSSR count). The fourth-order valence-corrected chi connectivity index (χ4v) is 1.99. The number of nitrogen functional groups attached to an aromatic ring is 1. The first-order valence-corrected chi connectivity index (χ1v) is 5.11. The summed E-state index contributed by atoms with van der Waals surface area (Å²) in [6.45, 7) is 0. The highest BCUT2D eigenvalue weighted by atomic mass is 19.1. The summed E-state index contributed by atoms with van der Waals surface area (Å²) in [5.74, 6) is -0.206. The van der Waals surface area contributed by atoms with Crippen LogP contribution in [0, 0.1) is 5.82 Å².